The lowest BCUT2D eigenvalue weighted by molar-refractivity contribution is 0.000335. The quantitative estimate of drug-likeness (QED) is 0.812. The van der Waals surface area contributed by atoms with Crippen LogP contribution in [0.1, 0.15) is 54.4 Å². The van der Waals surface area contributed by atoms with Gasteiger partial charge in [-0.1, -0.05) is 49.1 Å². The predicted octanol–water partition coefficient (Wildman–Crippen LogP) is 3.26. The zero-order chi connectivity index (χ0) is 12.3. The Morgan fingerprint density at radius 3 is 2.35 bits per heavy atom. The molecule has 17 heavy (non-hydrogen) atoms. The highest BCUT2D eigenvalue weighted by molar-refractivity contribution is 5.96. The highest BCUT2D eigenvalue weighted by Gasteiger charge is 2.31. The number of aryl methyl sites for hydroxylation is 1. The van der Waals surface area contributed by atoms with Crippen molar-refractivity contribution in [2.24, 2.45) is 0 Å². The number of carbonyl (C=O) groups excluding carboxylic acids is 1. The number of benzene rings is 1. The Morgan fingerprint density at radius 1 is 1.18 bits per heavy atom. The fraction of sp³-hybridized carbons (Fsp3) is 0.533. The first-order valence-corrected chi connectivity index (χ1v) is 6.41. The first kappa shape index (κ1) is 12.3. The number of rotatable bonds is 3. The van der Waals surface area contributed by atoms with Crippen LogP contribution in [0.3, 0.4) is 0 Å². The maximum absolute atomic E-state index is 12.1. The van der Waals surface area contributed by atoms with Gasteiger partial charge >= 0.3 is 0 Å². The molecule has 2 heteroatoms. The average molecular weight is 232 g/mol. The number of aliphatic hydroxyl groups is 1. The van der Waals surface area contributed by atoms with Crippen molar-refractivity contribution < 1.29 is 9.90 Å². The van der Waals surface area contributed by atoms with Crippen molar-refractivity contribution in [2.75, 3.05) is 0 Å². The molecular formula is C15H20O2. The number of Topliss-reactive ketones (excluding diaryl/α,β-unsaturated/α-hetero) is 1. The summed E-state index contributed by atoms with van der Waals surface area (Å²) < 4.78 is 0. The van der Waals surface area contributed by atoms with E-state index in [1.54, 1.807) is 0 Å². The molecule has 0 aromatic heterocycles. The van der Waals surface area contributed by atoms with Crippen LogP contribution in [0.5, 0.6) is 0 Å². The SMILES string of the molecule is Cc1ccc(C(=O)CC2(O)CCCCC2)cc1. The Morgan fingerprint density at radius 2 is 1.76 bits per heavy atom. The van der Waals surface area contributed by atoms with E-state index in [9.17, 15) is 9.90 Å². The number of ketones is 1. The van der Waals surface area contributed by atoms with Crippen LogP contribution >= 0.6 is 0 Å². The molecule has 1 saturated carbocycles. The summed E-state index contributed by atoms with van der Waals surface area (Å²) >= 11 is 0. The minimum absolute atomic E-state index is 0.0643. The zero-order valence-electron chi connectivity index (χ0n) is 10.4. The van der Waals surface area contributed by atoms with Crippen molar-refractivity contribution in [3.05, 3.63) is 35.4 Å². The van der Waals surface area contributed by atoms with E-state index in [0.29, 0.717) is 0 Å². The summed E-state index contributed by atoms with van der Waals surface area (Å²) in [5.41, 5.74) is 1.12. The molecule has 0 bridgehead atoms. The second-order valence-electron chi connectivity index (χ2n) is 5.25. The van der Waals surface area contributed by atoms with Crippen LogP contribution in [0.4, 0.5) is 0 Å². The van der Waals surface area contributed by atoms with Crippen LogP contribution in [0.15, 0.2) is 24.3 Å². The molecule has 1 aromatic rings. The molecule has 0 radical (unpaired) electrons. The van der Waals surface area contributed by atoms with Gasteiger partial charge in [-0.2, -0.15) is 0 Å². The molecule has 1 fully saturated rings. The van der Waals surface area contributed by atoms with Gasteiger partial charge in [0, 0.05) is 12.0 Å². The van der Waals surface area contributed by atoms with E-state index in [1.807, 2.05) is 31.2 Å². The normalized spacial score (nSPS) is 18.9. The molecule has 0 spiro atoms. The average Bonchev–Trinajstić information content (AvgIpc) is 2.30. The molecule has 0 amide bonds. The van der Waals surface area contributed by atoms with Crippen LogP contribution in [0, 0.1) is 6.92 Å². The predicted molar refractivity (Wildman–Crippen MR) is 68.2 cm³/mol. The van der Waals surface area contributed by atoms with E-state index in [2.05, 4.69) is 0 Å². The summed E-state index contributed by atoms with van der Waals surface area (Å²) in [6.07, 6.45) is 5.07. The van der Waals surface area contributed by atoms with Gasteiger partial charge in [0.15, 0.2) is 5.78 Å². The molecule has 1 aromatic carbocycles. The lowest BCUT2D eigenvalue weighted by atomic mass is 9.80. The van der Waals surface area contributed by atoms with Crippen LogP contribution in [-0.2, 0) is 0 Å². The topological polar surface area (TPSA) is 37.3 Å². The first-order chi connectivity index (χ1) is 8.09. The highest BCUT2D eigenvalue weighted by atomic mass is 16.3. The summed E-state index contributed by atoms with van der Waals surface area (Å²) in [4.78, 5) is 12.1. The minimum Gasteiger partial charge on any atom is -0.389 e. The summed E-state index contributed by atoms with van der Waals surface area (Å²) in [5.74, 6) is 0.0643. The first-order valence-electron chi connectivity index (χ1n) is 6.41. The van der Waals surface area contributed by atoms with E-state index in [-0.39, 0.29) is 12.2 Å². The Bertz CT molecular complexity index is 386. The van der Waals surface area contributed by atoms with Gasteiger partial charge in [0.05, 0.1) is 5.60 Å². The summed E-state index contributed by atoms with van der Waals surface area (Å²) in [6.45, 7) is 2.00. The molecular weight excluding hydrogens is 212 g/mol. The highest BCUT2D eigenvalue weighted by Crippen LogP contribution is 2.31. The lowest BCUT2D eigenvalue weighted by Gasteiger charge is -2.31. The molecule has 1 N–H and O–H groups in total. The Hall–Kier alpha value is -1.15. The van der Waals surface area contributed by atoms with Gasteiger partial charge in [-0.15, -0.1) is 0 Å². The lowest BCUT2D eigenvalue weighted by Crippen LogP contribution is -2.34. The molecule has 0 aliphatic heterocycles. The van der Waals surface area contributed by atoms with Crippen molar-refractivity contribution >= 4 is 5.78 Å². The van der Waals surface area contributed by atoms with Crippen LogP contribution in [0.2, 0.25) is 0 Å². The van der Waals surface area contributed by atoms with Gasteiger partial charge in [-0.05, 0) is 19.8 Å². The van der Waals surface area contributed by atoms with Crippen LogP contribution in [0.25, 0.3) is 0 Å². The number of hydrogen-bond acceptors (Lipinski definition) is 2. The minimum atomic E-state index is -0.750. The van der Waals surface area contributed by atoms with Crippen molar-refractivity contribution in [2.45, 2.75) is 51.0 Å². The number of hydrogen-bond donors (Lipinski definition) is 1. The maximum Gasteiger partial charge on any atom is 0.165 e. The molecule has 1 aliphatic rings. The molecule has 2 rings (SSSR count). The van der Waals surface area contributed by atoms with Crippen molar-refractivity contribution in [1.82, 2.24) is 0 Å². The smallest absolute Gasteiger partial charge is 0.165 e. The summed E-state index contributed by atoms with van der Waals surface area (Å²) in [7, 11) is 0. The summed E-state index contributed by atoms with van der Waals surface area (Å²) in [5, 5.41) is 10.3. The Kier molecular flexibility index (Phi) is 3.63. The van der Waals surface area contributed by atoms with Gasteiger partial charge in [-0.3, -0.25) is 4.79 Å². The molecule has 0 saturated heterocycles. The fourth-order valence-electron chi connectivity index (χ4n) is 2.53. The third kappa shape index (κ3) is 3.16. The zero-order valence-corrected chi connectivity index (χ0v) is 10.4. The van der Waals surface area contributed by atoms with Crippen molar-refractivity contribution in [1.29, 1.82) is 0 Å². The molecule has 0 heterocycles. The van der Waals surface area contributed by atoms with Crippen LogP contribution < -0.4 is 0 Å². The van der Waals surface area contributed by atoms with Gasteiger partial charge < -0.3 is 5.11 Å². The Balaban J connectivity index is 2.03. The van der Waals surface area contributed by atoms with Gasteiger partial charge in [-0.25, -0.2) is 0 Å². The third-order valence-corrected chi connectivity index (χ3v) is 3.65. The largest absolute Gasteiger partial charge is 0.389 e. The third-order valence-electron chi connectivity index (χ3n) is 3.65. The molecule has 92 valence electrons. The molecule has 0 atom stereocenters. The fourth-order valence-corrected chi connectivity index (χ4v) is 2.53. The number of carbonyl (C=O) groups is 1. The van der Waals surface area contributed by atoms with Crippen molar-refractivity contribution in [3.8, 4) is 0 Å². The standard InChI is InChI=1S/C15H20O2/c1-12-5-7-13(8-6-12)14(16)11-15(17)9-3-2-4-10-15/h5-8,17H,2-4,9-11H2,1H3. The second kappa shape index (κ2) is 5.01. The van der Waals surface area contributed by atoms with E-state index in [1.165, 1.54) is 6.42 Å². The maximum atomic E-state index is 12.1. The van der Waals surface area contributed by atoms with E-state index in [0.717, 1.165) is 36.8 Å². The second-order valence-corrected chi connectivity index (χ2v) is 5.25. The van der Waals surface area contributed by atoms with Crippen molar-refractivity contribution in [3.63, 3.8) is 0 Å². The molecule has 2 nitrogen and oxygen atoms in total. The van der Waals surface area contributed by atoms with Crippen LogP contribution in [-0.4, -0.2) is 16.5 Å². The van der Waals surface area contributed by atoms with Gasteiger partial charge in [0.25, 0.3) is 0 Å². The Labute approximate surface area is 103 Å². The molecule has 1 aliphatic carbocycles. The van der Waals surface area contributed by atoms with Gasteiger partial charge in [0.1, 0.15) is 0 Å². The van der Waals surface area contributed by atoms with E-state index in [4.69, 9.17) is 0 Å². The summed E-state index contributed by atoms with van der Waals surface area (Å²) in [6, 6.07) is 7.59. The van der Waals surface area contributed by atoms with Gasteiger partial charge in [0.2, 0.25) is 0 Å². The molecule has 0 unspecified atom stereocenters. The van der Waals surface area contributed by atoms with E-state index >= 15 is 0 Å². The monoisotopic (exact) mass is 232 g/mol. The van der Waals surface area contributed by atoms with E-state index < -0.39 is 5.60 Å².